The number of rotatable bonds is 11. The SMILES string of the molecule is CCCCCCCCCCC[CH]OC(C)(C)C. The Bertz CT molecular complexity index is 146. The minimum atomic E-state index is -0.0146. The van der Waals surface area contributed by atoms with Gasteiger partial charge in [-0.1, -0.05) is 64.7 Å². The first-order chi connectivity index (χ1) is 8.06. The summed E-state index contributed by atoms with van der Waals surface area (Å²) in [4.78, 5) is 0. The van der Waals surface area contributed by atoms with Crippen LogP contribution in [0.3, 0.4) is 0 Å². The summed E-state index contributed by atoms with van der Waals surface area (Å²) in [6.45, 7) is 10.6. The lowest BCUT2D eigenvalue weighted by molar-refractivity contribution is 0.0383. The van der Waals surface area contributed by atoms with E-state index >= 15 is 0 Å². The molecule has 0 atom stereocenters. The highest BCUT2D eigenvalue weighted by Gasteiger charge is 2.08. The second-order valence-electron chi connectivity index (χ2n) is 6.01. The normalized spacial score (nSPS) is 12.0. The van der Waals surface area contributed by atoms with Crippen molar-refractivity contribution in [2.75, 3.05) is 0 Å². The smallest absolute Gasteiger partial charge is 0.0844 e. The Morgan fingerprint density at radius 1 is 0.765 bits per heavy atom. The number of unbranched alkanes of at least 4 members (excludes halogenated alkanes) is 9. The van der Waals surface area contributed by atoms with E-state index in [0.717, 1.165) is 6.42 Å². The van der Waals surface area contributed by atoms with Gasteiger partial charge in [-0.25, -0.2) is 0 Å². The molecule has 0 aromatic carbocycles. The number of hydrogen-bond donors (Lipinski definition) is 0. The summed E-state index contributed by atoms with van der Waals surface area (Å²) in [5.74, 6) is 0. The molecule has 0 fully saturated rings. The quantitative estimate of drug-likeness (QED) is 0.410. The van der Waals surface area contributed by atoms with Crippen LogP contribution in [0.4, 0.5) is 0 Å². The van der Waals surface area contributed by atoms with Gasteiger partial charge in [0.2, 0.25) is 0 Å². The summed E-state index contributed by atoms with van der Waals surface area (Å²) >= 11 is 0. The molecule has 0 amide bonds. The van der Waals surface area contributed by atoms with Gasteiger partial charge in [-0.3, -0.25) is 0 Å². The van der Waals surface area contributed by atoms with E-state index in [1.165, 1.54) is 57.8 Å². The molecule has 0 spiro atoms. The highest BCUT2D eigenvalue weighted by molar-refractivity contribution is 4.63. The number of ether oxygens (including phenoxy) is 1. The summed E-state index contributed by atoms with van der Waals surface area (Å²) in [6.07, 6.45) is 13.6. The third-order valence-electron chi connectivity index (χ3n) is 2.86. The van der Waals surface area contributed by atoms with Crippen molar-refractivity contribution in [2.24, 2.45) is 0 Å². The monoisotopic (exact) mass is 241 g/mol. The summed E-state index contributed by atoms with van der Waals surface area (Å²) in [5, 5.41) is 0. The van der Waals surface area contributed by atoms with E-state index < -0.39 is 0 Å². The fourth-order valence-electron chi connectivity index (χ4n) is 1.85. The van der Waals surface area contributed by atoms with Gasteiger partial charge in [-0.2, -0.15) is 0 Å². The largest absolute Gasteiger partial charge is 0.370 e. The lowest BCUT2D eigenvalue weighted by atomic mass is 10.1. The highest BCUT2D eigenvalue weighted by Crippen LogP contribution is 2.14. The Hall–Kier alpha value is -0.0400. The molecule has 0 saturated heterocycles. The third kappa shape index (κ3) is 16.0. The molecule has 1 nitrogen and oxygen atoms in total. The minimum Gasteiger partial charge on any atom is -0.370 e. The van der Waals surface area contributed by atoms with Crippen LogP contribution in [0.15, 0.2) is 0 Å². The highest BCUT2D eigenvalue weighted by atomic mass is 16.5. The van der Waals surface area contributed by atoms with Crippen LogP contribution in [0, 0.1) is 6.61 Å². The maximum absolute atomic E-state index is 5.58. The van der Waals surface area contributed by atoms with Crippen molar-refractivity contribution in [1.29, 1.82) is 0 Å². The molecule has 103 valence electrons. The molecule has 0 aliphatic rings. The van der Waals surface area contributed by atoms with Crippen LogP contribution in [0.5, 0.6) is 0 Å². The van der Waals surface area contributed by atoms with Crippen molar-refractivity contribution in [3.63, 3.8) is 0 Å². The van der Waals surface area contributed by atoms with Crippen LogP contribution in [-0.2, 0) is 4.74 Å². The second kappa shape index (κ2) is 11.1. The Kier molecular flexibility index (Phi) is 11.0. The minimum absolute atomic E-state index is 0.0146. The molecule has 1 heteroatoms. The van der Waals surface area contributed by atoms with Crippen LogP contribution in [-0.4, -0.2) is 5.60 Å². The first-order valence-electron chi connectivity index (χ1n) is 7.56. The molecule has 0 heterocycles. The predicted molar refractivity (Wildman–Crippen MR) is 77.0 cm³/mol. The van der Waals surface area contributed by atoms with Gasteiger partial charge in [0.05, 0.1) is 12.2 Å². The zero-order valence-electron chi connectivity index (χ0n) is 12.6. The topological polar surface area (TPSA) is 9.23 Å². The zero-order chi connectivity index (χ0) is 13.0. The average Bonchev–Trinajstić information content (AvgIpc) is 2.24. The van der Waals surface area contributed by atoms with Crippen molar-refractivity contribution >= 4 is 0 Å². The lowest BCUT2D eigenvalue weighted by Gasteiger charge is -2.18. The molecule has 0 saturated carbocycles. The first kappa shape index (κ1) is 17.0. The van der Waals surface area contributed by atoms with Crippen molar-refractivity contribution in [1.82, 2.24) is 0 Å². The van der Waals surface area contributed by atoms with Crippen molar-refractivity contribution in [2.45, 2.75) is 97.5 Å². The van der Waals surface area contributed by atoms with Gasteiger partial charge in [0, 0.05) is 0 Å². The third-order valence-corrected chi connectivity index (χ3v) is 2.86. The van der Waals surface area contributed by atoms with Crippen LogP contribution in [0.25, 0.3) is 0 Å². The van der Waals surface area contributed by atoms with Crippen molar-refractivity contribution in [3.8, 4) is 0 Å². The van der Waals surface area contributed by atoms with Gasteiger partial charge >= 0.3 is 0 Å². The van der Waals surface area contributed by atoms with Gasteiger partial charge in [0.25, 0.3) is 0 Å². The molecule has 0 bridgehead atoms. The van der Waals surface area contributed by atoms with E-state index in [1.807, 2.05) is 6.61 Å². The van der Waals surface area contributed by atoms with E-state index in [4.69, 9.17) is 4.74 Å². The standard InChI is InChI=1S/C16H33O/c1-5-6-7-8-9-10-11-12-13-14-15-17-16(2,3)4/h15H,5-14H2,1-4H3. The maximum Gasteiger partial charge on any atom is 0.0844 e. The molecule has 0 unspecified atom stereocenters. The molecule has 0 aromatic rings. The summed E-state index contributed by atoms with van der Waals surface area (Å²) in [5.41, 5.74) is -0.0146. The Morgan fingerprint density at radius 2 is 1.24 bits per heavy atom. The van der Waals surface area contributed by atoms with Gasteiger partial charge in [0.15, 0.2) is 0 Å². The summed E-state index contributed by atoms with van der Waals surface area (Å²) in [7, 11) is 0. The van der Waals surface area contributed by atoms with E-state index in [0.29, 0.717) is 0 Å². The van der Waals surface area contributed by atoms with Crippen LogP contribution >= 0.6 is 0 Å². The van der Waals surface area contributed by atoms with E-state index in [2.05, 4.69) is 27.7 Å². The maximum atomic E-state index is 5.58. The van der Waals surface area contributed by atoms with Gasteiger partial charge in [-0.15, -0.1) is 0 Å². The van der Waals surface area contributed by atoms with Gasteiger partial charge in [-0.05, 0) is 27.2 Å². The molecule has 0 aliphatic carbocycles. The Balaban J connectivity index is 2.99. The van der Waals surface area contributed by atoms with Crippen LogP contribution in [0.1, 0.15) is 91.9 Å². The molecule has 1 radical (unpaired) electrons. The predicted octanol–water partition coefficient (Wildman–Crippen LogP) is 5.88. The molecule has 0 rings (SSSR count). The summed E-state index contributed by atoms with van der Waals surface area (Å²) in [6, 6.07) is 0. The second-order valence-corrected chi connectivity index (χ2v) is 6.01. The van der Waals surface area contributed by atoms with Gasteiger partial charge < -0.3 is 4.74 Å². The average molecular weight is 241 g/mol. The molecule has 17 heavy (non-hydrogen) atoms. The molecule has 0 N–H and O–H groups in total. The lowest BCUT2D eigenvalue weighted by Crippen LogP contribution is -2.17. The van der Waals surface area contributed by atoms with Crippen molar-refractivity contribution in [3.05, 3.63) is 6.61 Å². The van der Waals surface area contributed by atoms with E-state index in [9.17, 15) is 0 Å². The molecular formula is C16H33O. The fourth-order valence-corrected chi connectivity index (χ4v) is 1.85. The van der Waals surface area contributed by atoms with Crippen LogP contribution < -0.4 is 0 Å². The fraction of sp³-hybridized carbons (Fsp3) is 0.938. The Morgan fingerprint density at radius 3 is 1.71 bits per heavy atom. The van der Waals surface area contributed by atoms with Crippen molar-refractivity contribution < 1.29 is 4.74 Å². The molecule has 0 aliphatic heterocycles. The summed E-state index contributed by atoms with van der Waals surface area (Å²) < 4.78 is 5.58. The Labute approximate surface area is 109 Å². The first-order valence-corrected chi connectivity index (χ1v) is 7.56. The van der Waals surface area contributed by atoms with Gasteiger partial charge in [0.1, 0.15) is 0 Å². The van der Waals surface area contributed by atoms with E-state index in [1.54, 1.807) is 0 Å². The zero-order valence-corrected chi connectivity index (χ0v) is 12.6. The van der Waals surface area contributed by atoms with Crippen LogP contribution in [0.2, 0.25) is 0 Å². The molecule has 0 aromatic heterocycles. The molecular weight excluding hydrogens is 208 g/mol. The van der Waals surface area contributed by atoms with E-state index in [-0.39, 0.29) is 5.60 Å². The number of hydrogen-bond acceptors (Lipinski definition) is 1.